The van der Waals surface area contributed by atoms with Crippen molar-refractivity contribution in [1.82, 2.24) is 9.97 Å². The maximum Gasteiger partial charge on any atom is 0.232 e. The summed E-state index contributed by atoms with van der Waals surface area (Å²) >= 11 is 1.25. The van der Waals surface area contributed by atoms with Crippen LogP contribution in [0.5, 0.6) is 0 Å². The monoisotopic (exact) mass is 292 g/mol. The normalized spacial score (nSPS) is 13.0. The molecule has 1 aromatic carbocycles. The van der Waals surface area contributed by atoms with Gasteiger partial charge >= 0.3 is 0 Å². The van der Waals surface area contributed by atoms with Gasteiger partial charge in [0, 0.05) is 11.8 Å². The van der Waals surface area contributed by atoms with Crippen LogP contribution < -0.4 is 0 Å². The van der Waals surface area contributed by atoms with Crippen LogP contribution in [0.25, 0.3) is 10.6 Å². The number of nitrogens with zero attached hydrogens (tertiary/aromatic N) is 2. The third-order valence-electron chi connectivity index (χ3n) is 3.34. The number of hydrogen-bond donors (Lipinski definition) is 0. The Morgan fingerprint density at radius 1 is 0.857 bits per heavy atom. The van der Waals surface area contributed by atoms with Crippen molar-refractivity contribution in [2.45, 2.75) is 0 Å². The van der Waals surface area contributed by atoms with Crippen molar-refractivity contribution in [3.63, 3.8) is 0 Å². The number of benzene rings is 1. The number of pyridine rings is 1. The van der Waals surface area contributed by atoms with E-state index in [1.807, 2.05) is 30.3 Å². The maximum atomic E-state index is 12.5. The summed E-state index contributed by atoms with van der Waals surface area (Å²) in [5.41, 5.74) is 1.67. The average Bonchev–Trinajstić information content (AvgIpc) is 2.99. The summed E-state index contributed by atoms with van der Waals surface area (Å²) in [7, 11) is 0. The summed E-state index contributed by atoms with van der Waals surface area (Å²) in [6, 6.07) is 12.8. The van der Waals surface area contributed by atoms with E-state index in [1.165, 1.54) is 17.5 Å². The van der Waals surface area contributed by atoms with E-state index in [1.54, 1.807) is 12.1 Å². The molecule has 0 unspecified atom stereocenters. The molecule has 21 heavy (non-hydrogen) atoms. The molecule has 3 aromatic rings. The Labute approximate surface area is 124 Å². The van der Waals surface area contributed by atoms with Gasteiger partial charge in [-0.25, -0.2) is 4.98 Å². The van der Waals surface area contributed by atoms with E-state index in [0.29, 0.717) is 15.4 Å². The Morgan fingerprint density at radius 2 is 1.67 bits per heavy atom. The minimum Gasteiger partial charge on any atom is -0.288 e. The Hall–Kier alpha value is -2.66. The summed E-state index contributed by atoms with van der Waals surface area (Å²) in [6.45, 7) is 0. The highest BCUT2D eigenvalue weighted by Crippen LogP contribution is 2.34. The van der Waals surface area contributed by atoms with E-state index in [4.69, 9.17) is 0 Å². The third-order valence-corrected chi connectivity index (χ3v) is 4.44. The second-order valence-electron chi connectivity index (χ2n) is 4.62. The van der Waals surface area contributed by atoms with Crippen molar-refractivity contribution >= 4 is 22.9 Å². The number of fused-ring (bicyclic) bond motifs is 2. The fourth-order valence-corrected chi connectivity index (χ4v) is 3.36. The van der Waals surface area contributed by atoms with Gasteiger partial charge in [0.1, 0.15) is 21.3 Å². The molecular weight excluding hydrogens is 284 g/mol. The Kier molecular flexibility index (Phi) is 2.55. The van der Waals surface area contributed by atoms with E-state index in [0.717, 1.165) is 5.56 Å². The molecule has 0 spiro atoms. The minimum absolute atomic E-state index is 0.174. The predicted octanol–water partition coefficient (Wildman–Crippen LogP) is 2.98. The van der Waals surface area contributed by atoms with Gasteiger partial charge in [-0.05, 0) is 12.1 Å². The summed E-state index contributed by atoms with van der Waals surface area (Å²) < 4.78 is 0. The second-order valence-corrected chi connectivity index (χ2v) is 5.62. The number of carbonyl (C=O) groups excluding carboxylic acids is 2. The summed E-state index contributed by atoms with van der Waals surface area (Å²) in [5, 5.41) is 0.676. The van der Waals surface area contributed by atoms with Crippen LogP contribution in [-0.4, -0.2) is 21.5 Å². The van der Waals surface area contributed by atoms with Crippen molar-refractivity contribution in [2.24, 2.45) is 0 Å². The lowest BCUT2D eigenvalue weighted by Gasteiger charge is -2.10. The molecule has 0 radical (unpaired) electrons. The van der Waals surface area contributed by atoms with E-state index in [2.05, 4.69) is 9.97 Å². The molecule has 0 saturated heterocycles. The van der Waals surface area contributed by atoms with Crippen LogP contribution >= 0.6 is 11.3 Å². The van der Waals surface area contributed by atoms with Gasteiger partial charge in [-0.3, -0.25) is 14.6 Å². The van der Waals surface area contributed by atoms with Gasteiger partial charge in [-0.1, -0.05) is 30.3 Å². The highest BCUT2D eigenvalue weighted by atomic mass is 32.1. The Balaban J connectivity index is 1.92. The molecule has 0 saturated carbocycles. The topological polar surface area (TPSA) is 59.9 Å². The van der Waals surface area contributed by atoms with Gasteiger partial charge in [0.25, 0.3) is 0 Å². The van der Waals surface area contributed by atoms with Crippen molar-refractivity contribution in [3.05, 3.63) is 70.5 Å². The highest BCUT2D eigenvalue weighted by molar-refractivity contribution is 7.17. The van der Waals surface area contributed by atoms with Gasteiger partial charge < -0.3 is 0 Å². The zero-order valence-electron chi connectivity index (χ0n) is 10.7. The SMILES string of the molecule is O=C1c2ncccc2C(=O)c2sc(-c3ccccc3)nc21. The highest BCUT2D eigenvalue weighted by Gasteiger charge is 2.34. The summed E-state index contributed by atoms with van der Waals surface area (Å²) in [5.74, 6) is -0.453. The molecular formula is C16H8N2O2S. The minimum atomic E-state index is -0.279. The van der Waals surface area contributed by atoms with Crippen molar-refractivity contribution < 1.29 is 9.59 Å². The van der Waals surface area contributed by atoms with E-state index in [-0.39, 0.29) is 23.0 Å². The first-order valence-electron chi connectivity index (χ1n) is 6.36. The van der Waals surface area contributed by atoms with Gasteiger partial charge in [0.15, 0.2) is 0 Å². The summed E-state index contributed by atoms with van der Waals surface area (Å²) in [4.78, 5) is 33.7. The summed E-state index contributed by atoms with van der Waals surface area (Å²) in [6.07, 6.45) is 1.51. The zero-order chi connectivity index (χ0) is 14.4. The molecule has 2 aromatic heterocycles. The lowest BCUT2D eigenvalue weighted by Crippen LogP contribution is -2.20. The van der Waals surface area contributed by atoms with Crippen LogP contribution in [0.2, 0.25) is 0 Å². The van der Waals surface area contributed by atoms with Crippen LogP contribution in [-0.2, 0) is 0 Å². The smallest absolute Gasteiger partial charge is 0.232 e. The van der Waals surface area contributed by atoms with E-state index < -0.39 is 0 Å². The molecule has 2 heterocycles. The lowest BCUT2D eigenvalue weighted by molar-refractivity contribution is 0.0975. The molecule has 0 amide bonds. The zero-order valence-corrected chi connectivity index (χ0v) is 11.6. The average molecular weight is 292 g/mol. The maximum absolute atomic E-state index is 12.5. The van der Waals surface area contributed by atoms with Crippen molar-refractivity contribution in [2.75, 3.05) is 0 Å². The van der Waals surface area contributed by atoms with Crippen LogP contribution in [0.4, 0.5) is 0 Å². The van der Waals surface area contributed by atoms with Crippen LogP contribution in [0, 0.1) is 0 Å². The standard InChI is InChI=1S/C16H8N2O2S/c19-13-10-7-4-8-17-11(10)14(20)12-15(13)21-16(18-12)9-5-2-1-3-6-9/h1-8H. The Bertz CT molecular complexity index is 832. The molecule has 0 aliphatic heterocycles. The molecule has 0 bridgehead atoms. The van der Waals surface area contributed by atoms with Crippen molar-refractivity contribution in [3.8, 4) is 10.6 Å². The van der Waals surface area contributed by atoms with Crippen molar-refractivity contribution in [1.29, 1.82) is 0 Å². The molecule has 100 valence electrons. The van der Waals surface area contributed by atoms with Gasteiger partial charge in [0.05, 0.1) is 5.56 Å². The van der Waals surface area contributed by atoms with E-state index in [9.17, 15) is 9.59 Å². The molecule has 1 aliphatic carbocycles. The Morgan fingerprint density at radius 3 is 2.48 bits per heavy atom. The van der Waals surface area contributed by atoms with Gasteiger partial charge in [-0.15, -0.1) is 11.3 Å². The van der Waals surface area contributed by atoms with Gasteiger partial charge in [-0.2, -0.15) is 0 Å². The number of carbonyl (C=O) groups is 2. The molecule has 4 nitrogen and oxygen atoms in total. The largest absolute Gasteiger partial charge is 0.288 e. The number of thiazole rings is 1. The van der Waals surface area contributed by atoms with Crippen LogP contribution in [0.15, 0.2) is 48.7 Å². The quantitative estimate of drug-likeness (QED) is 0.541. The fourth-order valence-electron chi connectivity index (χ4n) is 2.34. The number of aromatic nitrogens is 2. The molecule has 0 fully saturated rings. The molecule has 0 N–H and O–H groups in total. The predicted molar refractivity (Wildman–Crippen MR) is 78.7 cm³/mol. The first-order valence-corrected chi connectivity index (χ1v) is 7.18. The molecule has 5 heteroatoms. The van der Waals surface area contributed by atoms with Crippen LogP contribution in [0.3, 0.4) is 0 Å². The van der Waals surface area contributed by atoms with Crippen LogP contribution in [0.1, 0.15) is 31.4 Å². The number of hydrogen-bond acceptors (Lipinski definition) is 5. The first kappa shape index (κ1) is 12.1. The van der Waals surface area contributed by atoms with E-state index >= 15 is 0 Å². The lowest BCUT2D eigenvalue weighted by atomic mass is 9.96. The number of ketones is 2. The molecule has 1 aliphatic rings. The van der Waals surface area contributed by atoms with Gasteiger partial charge in [0.2, 0.25) is 11.6 Å². The third kappa shape index (κ3) is 1.75. The molecule has 0 atom stereocenters. The number of rotatable bonds is 1. The fraction of sp³-hybridized carbons (Fsp3) is 0. The molecule has 4 rings (SSSR count). The second kappa shape index (κ2) is 4.43. The first-order chi connectivity index (χ1) is 10.3.